The van der Waals surface area contributed by atoms with Crippen molar-refractivity contribution < 1.29 is 22.7 Å². The first kappa shape index (κ1) is 17.6. The van der Waals surface area contributed by atoms with E-state index in [0.29, 0.717) is 25.2 Å². The maximum atomic E-state index is 12.5. The van der Waals surface area contributed by atoms with Gasteiger partial charge in [0.15, 0.2) is 0 Å². The van der Waals surface area contributed by atoms with E-state index in [-0.39, 0.29) is 5.75 Å². The third kappa shape index (κ3) is 5.37. The molecule has 0 saturated carbocycles. The summed E-state index contributed by atoms with van der Waals surface area (Å²) in [6.07, 6.45) is -4.20. The second-order valence-electron chi connectivity index (χ2n) is 5.77. The van der Waals surface area contributed by atoms with Crippen LogP contribution in [0.15, 0.2) is 54.6 Å². The quantitative estimate of drug-likeness (QED) is 0.792. The SMILES string of the molecule is FC(F)(F)Oc1ccccc1CCN1CCN(Oc2ccccc2)C1. The van der Waals surface area contributed by atoms with E-state index in [1.54, 1.807) is 12.1 Å². The summed E-state index contributed by atoms with van der Waals surface area (Å²) in [6, 6.07) is 15.8. The predicted octanol–water partition coefficient (Wildman–Crippen LogP) is 3.70. The van der Waals surface area contributed by atoms with E-state index in [0.717, 1.165) is 18.8 Å². The Morgan fingerprint density at radius 3 is 2.40 bits per heavy atom. The smallest absolute Gasteiger partial charge is 0.406 e. The van der Waals surface area contributed by atoms with Crippen LogP contribution in [0.1, 0.15) is 5.56 Å². The highest BCUT2D eigenvalue weighted by molar-refractivity contribution is 5.33. The van der Waals surface area contributed by atoms with Crippen LogP contribution in [0.25, 0.3) is 0 Å². The Labute approximate surface area is 144 Å². The third-order valence-electron chi connectivity index (χ3n) is 3.90. The Morgan fingerprint density at radius 2 is 1.64 bits per heavy atom. The third-order valence-corrected chi connectivity index (χ3v) is 3.90. The second-order valence-corrected chi connectivity index (χ2v) is 5.77. The van der Waals surface area contributed by atoms with Crippen molar-refractivity contribution in [1.82, 2.24) is 9.96 Å². The average Bonchev–Trinajstić information content (AvgIpc) is 3.01. The van der Waals surface area contributed by atoms with Crippen molar-refractivity contribution in [3.05, 3.63) is 60.2 Å². The maximum Gasteiger partial charge on any atom is 0.573 e. The van der Waals surface area contributed by atoms with Gasteiger partial charge in [0.2, 0.25) is 0 Å². The average molecular weight is 352 g/mol. The minimum atomic E-state index is -4.68. The maximum absolute atomic E-state index is 12.5. The van der Waals surface area contributed by atoms with Gasteiger partial charge in [0, 0.05) is 19.6 Å². The zero-order chi connectivity index (χ0) is 17.7. The molecule has 0 bridgehead atoms. The Kier molecular flexibility index (Phi) is 5.45. The molecule has 1 saturated heterocycles. The molecule has 0 unspecified atom stereocenters. The van der Waals surface area contributed by atoms with Crippen molar-refractivity contribution in [3.8, 4) is 11.5 Å². The van der Waals surface area contributed by atoms with Crippen LogP contribution in [0.3, 0.4) is 0 Å². The molecule has 3 rings (SSSR count). The number of ether oxygens (including phenoxy) is 1. The zero-order valence-corrected chi connectivity index (χ0v) is 13.6. The molecule has 4 nitrogen and oxygen atoms in total. The summed E-state index contributed by atoms with van der Waals surface area (Å²) in [6.45, 7) is 2.79. The molecule has 0 aliphatic carbocycles. The van der Waals surface area contributed by atoms with E-state index < -0.39 is 6.36 Å². The normalized spacial score (nSPS) is 16.1. The summed E-state index contributed by atoms with van der Waals surface area (Å²) in [7, 11) is 0. The second kappa shape index (κ2) is 7.76. The van der Waals surface area contributed by atoms with Gasteiger partial charge in [-0.2, -0.15) is 0 Å². The van der Waals surface area contributed by atoms with Crippen LogP contribution in [-0.4, -0.2) is 42.6 Å². The first-order valence-corrected chi connectivity index (χ1v) is 8.03. The molecule has 7 heteroatoms. The molecule has 1 aliphatic rings. The lowest BCUT2D eigenvalue weighted by Crippen LogP contribution is -2.29. The topological polar surface area (TPSA) is 24.9 Å². The summed E-state index contributed by atoms with van der Waals surface area (Å²) in [5.41, 5.74) is 0.544. The molecule has 0 N–H and O–H groups in total. The number of halogens is 3. The van der Waals surface area contributed by atoms with Crippen LogP contribution in [0.5, 0.6) is 11.5 Å². The van der Waals surface area contributed by atoms with E-state index in [1.807, 2.05) is 35.4 Å². The summed E-state index contributed by atoms with van der Waals surface area (Å²) in [5, 5.41) is 1.84. The number of hydrogen-bond donors (Lipinski definition) is 0. The first-order chi connectivity index (χ1) is 12.0. The van der Waals surface area contributed by atoms with Crippen molar-refractivity contribution in [2.75, 3.05) is 26.3 Å². The molecule has 1 heterocycles. The molecule has 134 valence electrons. The highest BCUT2D eigenvalue weighted by Crippen LogP contribution is 2.26. The van der Waals surface area contributed by atoms with Gasteiger partial charge in [0.1, 0.15) is 11.5 Å². The van der Waals surface area contributed by atoms with Gasteiger partial charge >= 0.3 is 6.36 Å². The number of hydroxylamine groups is 2. The molecule has 0 atom stereocenters. The molecule has 25 heavy (non-hydrogen) atoms. The number of para-hydroxylation sites is 2. The molecule has 0 amide bonds. The van der Waals surface area contributed by atoms with Gasteiger partial charge in [-0.1, -0.05) is 36.4 Å². The predicted molar refractivity (Wildman–Crippen MR) is 87.0 cm³/mol. The Bertz CT molecular complexity index is 680. The van der Waals surface area contributed by atoms with Gasteiger partial charge in [-0.3, -0.25) is 4.90 Å². The highest BCUT2D eigenvalue weighted by Gasteiger charge is 2.32. The Morgan fingerprint density at radius 1 is 0.920 bits per heavy atom. The van der Waals surface area contributed by atoms with E-state index in [9.17, 15) is 13.2 Å². The molecule has 1 fully saturated rings. The molecular weight excluding hydrogens is 333 g/mol. The van der Waals surface area contributed by atoms with Crippen LogP contribution in [0.4, 0.5) is 13.2 Å². The van der Waals surface area contributed by atoms with Crippen LogP contribution in [0, 0.1) is 0 Å². The van der Waals surface area contributed by atoms with Gasteiger partial charge in [-0.05, 0) is 30.2 Å². The van der Waals surface area contributed by atoms with Crippen LogP contribution in [-0.2, 0) is 6.42 Å². The van der Waals surface area contributed by atoms with E-state index >= 15 is 0 Å². The van der Waals surface area contributed by atoms with Crippen molar-refractivity contribution in [3.63, 3.8) is 0 Å². The number of hydrogen-bond acceptors (Lipinski definition) is 4. The summed E-state index contributed by atoms with van der Waals surface area (Å²) in [4.78, 5) is 7.90. The molecule has 1 aliphatic heterocycles. The number of nitrogens with zero attached hydrogens (tertiary/aromatic N) is 2. The minimum Gasteiger partial charge on any atom is -0.406 e. The lowest BCUT2D eigenvalue weighted by molar-refractivity contribution is -0.274. The van der Waals surface area contributed by atoms with Gasteiger partial charge in [-0.25, -0.2) is 0 Å². The van der Waals surface area contributed by atoms with Crippen molar-refractivity contribution in [1.29, 1.82) is 0 Å². The van der Waals surface area contributed by atoms with Gasteiger partial charge < -0.3 is 9.57 Å². The molecule has 0 radical (unpaired) electrons. The van der Waals surface area contributed by atoms with E-state index in [2.05, 4.69) is 9.64 Å². The van der Waals surface area contributed by atoms with Crippen LogP contribution >= 0.6 is 0 Å². The molecule has 0 spiro atoms. The van der Waals surface area contributed by atoms with Gasteiger partial charge in [0.05, 0.1) is 6.67 Å². The fraction of sp³-hybridized carbons (Fsp3) is 0.333. The number of alkyl halides is 3. The van der Waals surface area contributed by atoms with E-state index in [1.165, 1.54) is 12.1 Å². The van der Waals surface area contributed by atoms with Gasteiger partial charge in [0.25, 0.3) is 0 Å². The first-order valence-electron chi connectivity index (χ1n) is 8.03. The van der Waals surface area contributed by atoms with Crippen LogP contribution in [0.2, 0.25) is 0 Å². The van der Waals surface area contributed by atoms with E-state index in [4.69, 9.17) is 4.84 Å². The van der Waals surface area contributed by atoms with Gasteiger partial charge in [-0.15, -0.1) is 18.2 Å². The minimum absolute atomic E-state index is 0.133. The Balaban J connectivity index is 1.51. The molecule has 2 aromatic carbocycles. The fourth-order valence-corrected chi connectivity index (χ4v) is 2.72. The van der Waals surface area contributed by atoms with Crippen LogP contribution < -0.4 is 9.57 Å². The molecular formula is C18H19F3N2O2. The molecule has 2 aromatic rings. The largest absolute Gasteiger partial charge is 0.573 e. The van der Waals surface area contributed by atoms with Crippen molar-refractivity contribution in [2.24, 2.45) is 0 Å². The lowest BCUT2D eigenvalue weighted by atomic mass is 10.1. The fourth-order valence-electron chi connectivity index (χ4n) is 2.72. The van der Waals surface area contributed by atoms with Crippen molar-refractivity contribution >= 4 is 0 Å². The summed E-state index contributed by atoms with van der Waals surface area (Å²) in [5.74, 6) is 0.639. The molecule has 0 aromatic heterocycles. The standard InChI is InChI=1S/C18H19F3N2O2/c19-18(20,21)24-17-9-5-4-6-15(17)10-11-22-12-13-23(14-22)25-16-7-2-1-3-8-16/h1-9H,10-14H2. The Hall–Kier alpha value is -2.25. The number of benzene rings is 2. The van der Waals surface area contributed by atoms with Crippen molar-refractivity contribution in [2.45, 2.75) is 12.8 Å². The summed E-state index contributed by atoms with van der Waals surface area (Å²) < 4.78 is 41.5. The highest BCUT2D eigenvalue weighted by atomic mass is 19.4. The lowest BCUT2D eigenvalue weighted by Gasteiger charge is -2.19. The monoisotopic (exact) mass is 352 g/mol. The number of rotatable bonds is 6. The zero-order valence-electron chi connectivity index (χ0n) is 13.6. The summed E-state index contributed by atoms with van der Waals surface area (Å²) >= 11 is 0.